The lowest BCUT2D eigenvalue weighted by Gasteiger charge is -2.31. The van der Waals surface area contributed by atoms with Crippen molar-refractivity contribution in [2.24, 2.45) is 0 Å². The van der Waals surface area contributed by atoms with Crippen LogP contribution in [0.15, 0.2) is 122 Å². The first kappa shape index (κ1) is 40.8. The molecule has 4 aromatic carbocycles. The Bertz CT molecular complexity index is 2470. The first-order chi connectivity index (χ1) is 30.3. The molecule has 62 heavy (non-hydrogen) atoms. The molecule has 0 unspecified atom stereocenters. The molecule has 3 saturated heterocycles. The van der Waals surface area contributed by atoms with Crippen molar-refractivity contribution in [3.8, 4) is 33.6 Å². The number of ether oxygens (including phenoxy) is 2. The Morgan fingerprint density at radius 2 is 1.23 bits per heavy atom. The van der Waals surface area contributed by atoms with E-state index >= 15 is 0 Å². The number of H-pyrrole nitrogens is 2. The highest BCUT2D eigenvalue weighted by molar-refractivity contribution is 5.88. The average molecular weight is 834 g/mol. The number of aromatic amines is 2. The number of urea groups is 1. The lowest BCUT2D eigenvalue weighted by Crippen LogP contribution is -2.50. The van der Waals surface area contributed by atoms with Crippen molar-refractivity contribution in [1.29, 1.82) is 0 Å². The number of imidazole rings is 2. The number of carbonyl (C=O) groups is 3. The van der Waals surface area contributed by atoms with Crippen molar-refractivity contribution in [3.63, 3.8) is 0 Å². The zero-order valence-electron chi connectivity index (χ0n) is 34.9. The van der Waals surface area contributed by atoms with Gasteiger partial charge in [-0.25, -0.2) is 14.8 Å². The van der Waals surface area contributed by atoms with Crippen LogP contribution in [0.4, 0.5) is 4.79 Å². The van der Waals surface area contributed by atoms with Crippen LogP contribution in [0.5, 0.6) is 0 Å². The Kier molecular flexibility index (Phi) is 11.9. The van der Waals surface area contributed by atoms with E-state index in [0.29, 0.717) is 57.4 Å². The van der Waals surface area contributed by atoms with E-state index in [1.54, 1.807) is 16.0 Å². The largest absolute Gasteiger partial charge is 0.378 e. The number of carbonyl (C=O) groups excluding carboxylic acids is 3. The first-order valence-electron chi connectivity index (χ1n) is 21.3. The van der Waals surface area contributed by atoms with E-state index in [1.807, 2.05) is 103 Å². The van der Waals surface area contributed by atoms with Crippen LogP contribution in [0, 0.1) is 0 Å². The summed E-state index contributed by atoms with van der Waals surface area (Å²) in [5.74, 6) is 1.13. The minimum atomic E-state index is -0.898. The maximum atomic E-state index is 14.2. The Labute approximate surface area is 360 Å². The third kappa shape index (κ3) is 8.49. The van der Waals surface area contributed by atoms with E-state index in [2.05, 4.69) is 56.7 Å². The highest BCUT2D eigenvalue weighted by Crippen LogP contribution is 2.36. The van der Waals surface area contributed by atoms with Gasteiger partial charge in [0.25, 0.3) is 5.91 Å². The molecule has 9 rings (SSSR count). The molecule has 318 valence electrons. The second-order valence-electron chi connectivity index (χ2n) is 16.1. The van der Waals surface area contributed by atoms with Gasteiger partial charge in [-0.2, -0.15) is 0 Å². The van der Waals surface area contributed by atoms with Gasteiger partial charge < -0.3 is 39.5 Å². The summed E-state index contributed by atoms with van der Waals surface area (Å²) in [6.07, 6.45) is 4.67. The summed E-state index contributed by atoms with van der Waals surface area (Å²) in [5, 5.41) is 2.98. The Morgan fingerprint density at radius 3 is 1.84 bits per heavy atom. The predicted molar refractivity (Wildman–Crippen MR) is 234 cm³/mol. The van der Waals surface area contributed by atoms with Gasteiger partial charge in [0.15, 0.2) is 12.1 Å². The number of nitrogens with zero attached hydrogens (tertiary/aromatic N) is 6. The van der Waals surface area contributed by atoms with Gasteiger partial charge >= 0.3 is 6.03 Å². The van der Waals surface area contributed by atoms with Gasteiger partial charge in [-0.05, 0) is 60.3 Å². The van der Waals surface area contributed by atoms with Crippen LogP contribution >= 0.6 is 0 Å². The number of amides is 4. The summed E-state index contributed by atoms with van der Waals surface area (Å²) < 4.78 is 11.5. The summed E-state index contributed by atoms with van der Waals surface area (Å²) >= 11 is 0. The molecule has 14 heteroatoms. The molecule has 6 aromatic rings. The van der Waals surface area contributed by atoms with Gasteiger partial charge in [0, 0.05) is 26.2 Å². The summed E-state index contributed by atoms with van der Waals surface area (Å²) in [4.78, 5) is 65.0. The second-order valence-corrected chi connectivity index (χ2v) is 16.1. The quantitative estimate of drug-likeness (QED) is 0.130. The predicted octanol–water partition coefficient (Wildman–Crippen LogP) is 6.74. The summed E-state index contributed by atoms with van der Waals surface area (Å²) in [5.41, 5.74) is 7.44. The number of benzene rings is 4. The highest BCUT2D eigenvalue weighted by atomic mass is 16.5. The first-order valence-corrected chi connectivity index (χ1v) is 21.3. The molecule has 3 aliphatic rings. The van der Waals surface area contributed by atoms with E-state index in [4.69, 9.17) is 14.5 Å². The van der Waals surface area contributed by atoms with E-state index in [9.17, 15) is 14.4 Å². The number of morpholine rings is 1. The van der Waals surface area contributed by atoms with Crippen LogP contribution < -0.4 is 5.32 Å². The van der Waals surface area contributed by atoms with Gasteiger partial charge in [-0.1, -0.05) is 109 Å². The average Bonchev–Trinajstić information content (AvgIpc) is 4.17. The van der Waals surface area contributed by atoms with Crippen LogP contribution in [0.3, 0.4) is 0 Å². The van der Waals surface area contributed by atoms with E-state index < -0.39 is 12.3 Å². The van der Waals surface area contributed by atoms with Crippen molar-refractivity contribution in [2.45, 2.75) is 37.2 Å². The molecule has 3 aliphatic heterocycles. The van der Waals surface area contributed by atoms with Crippen LogP contribution in [-0.4, -0.2) is 117 Å². The maximum absolute atomic E-state index is 14.2. The molecule has 0 saturated carbocycles. The number of nitrogens with one attached hydrogen (secondary N) is 3. The molecular weight excluding hydrogens is 783 g/mol. The van der Waals surface area contributed by atoms with E-state index in [0.717, 1.165) is 57.9 Å². The van der Waals surface area contributed by atoms with E-state index in [1.165, 1.54) is 0 Å². The Balaban J connectivity index is 0.855. The number of likely N-dealkylation sites (N-methyl/N-ethyl adjacent to an activating group) is 1. The summed E-state index contributed by atoms with van der Waals surface area (Å²) in [6, 6.07) is 34.2. The third-order valence-electron chi connectivity index (χ3n) is 12.0. The summed E-state index contributed by atoms with van der Waals surface area (Å²) in [6.45, 7) is 3.26. The zero-order valence-corrected chi connectivity index (χ0v) is 34.9. The normalized spacial score (nSPS) is 18.9. The fourth-order valence-electron chi connectivity index (χ4n) is 8.72. The van der Waals surface area contributed by atoms with Gasteiger partial charge in [-0.3, -0.25) is 14.5 Å². The van der Waals surface area contributed by atoms with Crippen LogP contribution in [0.2, 0.25) is 0 Å². The molecule has 5 heterocycles. The van der Waals surface area contributed by atoms with Crippen molar-refractivity contribution in [2.75, 3.05) is 60.1 Å². The van der Waals surface area contributed by atoms with Crippen LogP contribution in [-0.2, 0) is 19.1 Å². The lowest BCUT2D eigenvalue weighted by atomic mass is 10.0. The fraction of sp³-hybridized carbons (Fsp3) is 0.312. The molecule has 0 radical (unpaired) electrons. The number of hydrogen-bond acceptors (Lipinski definition) is 8. The molecule has 0 aliphatic carbocycles. The fourth-order valence-corrected chi connectivity index (χ4v) is 8.72. The molecule has 2 aromatic heterocycles. The lowest BCUT2D eigenvalue weighted by molar-refractivity contribution is -0.139. The number of hydrogen-bond donors (Lipinski definition) is 3. The van der Waals surface area contributed by atoms with Crippen molar-refractivity contribution < 1.29 is 23.9 Å². The van der Waals surface area contributed by atoms with Gasteiger partial charge in [0.05, 0.1) is 49.6 Å². The van der Waals surface area contributed by atoms with E-state index in [-0.39, 0.29) is 29.9 Å². The smallest absolute Gasteiger partial charge is 0.318 e. The highest BCUT2D eigenvalue weighted by Gasteiger charge is 2.39. The Morgan fingerprint density at radius 1 is 0.661 bits per heavy atom. The zero-order chi connectivity index (χ0) is 42.6. The van der Waals surface area contributed by atoms with Crippen molar-refractivity contribution in [1.82, 2.24) is 44.9 Å². The topological polar surface area (TPSA) is 152 Å². The standard InChI is InChI=1S/C48H51N9O5/c1-54(2)42(37-12-7-4-8-13-37)46(59)56-23-9-14-40(56)43-49-30-38(51-43)34-19-15-32(16-20-34)33-17-21-35(22-18-33)39-31-50-44(52-39)47-57(26-29-62-47)45(58)41(36-10-5-3-6-11-36)53-48(60)55-24-27-61-28-25-55/h3-8,10-13,15-22,30-31,40-42,47H,9,14,23-29H2,1-2H3,(H,49,51)(H,50,52)(H,53,60)/t40-,41+,42+,47-/m0/s1. The number of likely N-dealkylation sites (tertiary alicyclic amines) is 1. The van der Waals surface area contributed by atoms with Gasteiger partial charge in [0.1, 0.15) is 17.9 Å². The molecule has 0 bridgehead atoms. The molecule has 3 N–H and O–H groups in total. The minimum Gasteiger partial charge on any atom is -0.378 e. The van der Waals surface area contributed by atoms with Crippen molar-refractivity contribution in [3.05, 3.63) is 144 Å². The SMILES string of the molecule is CN(C)[C@@H](C(=O)N1CCC[C@H]1c1ncc(-c2ccc(-c3ccc(-c4cnc([C@@H]5OCCN5C(=O)[C@H](NC(=O)N5CCOCC5)c5ccccc5)[nH]4)cc3)cc2)[nH]1)c1ccccc1. The minimum absolute atomic E-state index is 0.0896. The molecule has 4 amide bonds. The van der Waals surface area contributed by atoms with Crippen LogP contribution in [0.1, 0.15) is 60.0 Å². The number of aromatic nitrogens is 4. The molecule has 3 fully saturated rings. The van der Waals surface area contributed by atoms with Gasteiger partial charge in [-0.15, -0.1) is 0 Å². The number of rotatable bonds is 11. The molecule has 0 spiro atoms. The maximum Gasteiger partial charge on any atom is 0.318 e. The molecular formula is C48H51N9O5. The van der Waals surface area contributed by atoms with Gasteiger partial charge in [0.2, 0.25) is 5.91 Å². The second kappa shape index (κ2) is 18.2. The van der Waals surface area contributed by atoms with Crippen molar-refractivity contribution >= 4 is 17.8 Å². The summed E-state index contributed by atoms with van der Waals surface area (Å²) in [7, 11) is 3.90. The monoisotopic (exact) mass is 833 g/mol. The molecule has 14 nitrogen and oxygen atoms in total. The van der Waals surface area contributed by atoms with Crippen LogP contribution in [0.25, 0.3) is 33.6 Å². The Hall–Kier alpha value is -6.61. The third-order valence-corrected chi connectivity index (χ3v) is 12.0. The molecule has 4 atom stereocenters.